The van der Waals surface area contributed by atoms with Gasteiger partial charge in [-0.25, -0.2) is 0 Å². The molecule has 0 radical (unpaired) electrons. The van der Waals surface area contributed by atoms with E-state index >= 15 is 0 Å². The molecule has 0 spiro atoms. The van der Waals surface area contributed by atoms with E-state index in [1.165, 1.54) is 122 Å². The Labute approximate surface area is 378 Å². The molecule has 1 unspecified atom stereocenters. The molecule has 0 saturated carbocycles. The molecule has 1 aliphatic carbocycles. The first kappa shape index (κ1) is 44.1. The lowest BCUT2D eigenvalue weighted by molar-refractivity contribution is 0.568. The van der Waals surface area contributed by atoms with Gasteiger partial charge in [0.2, 0.25) is 0 Å². The molecule has 1 aromatic heterocycles. The number of hydrogen-bond acceptors (Lipinski definition) is 0. The Hall–Kier alpha value is -4.56. The molecule has 1 heterocycles. The van der Waals surface area contributed by atoms with Crippen molar-refractivity contribution in [3.63, 3.8) is 0 Å². The van der Waals surface area contributed by atoms with Gasteiger partial charge in [0.1, 0.15) is 39.2 Å². The van der Waals surface area contributed by atoms with Crippen LogP contribution in [-0.4, -0.2) is 43.8 Å². The van der Waals surface area contributed by atoms with Crippen molar-refractivity contribution in [2.45, 2.75) is 130 Å². The van der Waals surface area contributed by atoms with Gasteiger partial charge in [-0.3, -0.25) is 0 Å². The molecule has 8 rings (SSSR count). The zero-order valence-corrected chi connectivity index (χ0v) is 41.7. The minimum absolute atomic E-state index is 0.0135. The average molecular weight is 809 g/mol. The van der Waals surface area contributed by atoms with Crippen molar-refractivity contribution in [1.82, 2.24) is 4.57 Å². The molecular formula is C56H68B5N. The third-order valence-corrected chi connectivity index (χ3v) is 14.8. The van der Waals surface area contributed by atoms with Gasteiger partial charge in [0.25, 0.3) is 0 Å². The lowest BCUT2D eigenvalue weighted by Gasteiger charge is -2.29. The molecule has 0 aliphatic heterocycles. The van der Waals surface area contributed by atoms with Crippen LogP contribution in [-0.2, 0) is 21.7 Å². The van der Waals surface area contributed by atoms with Crippen LogP contribution in [0.2, 0.25) is 0 Å². The quantitative estimate of drug-likeness (QED) is 0.166. The summed E-state index contributed by atoms with van der Waals surface area (Å²) in [5, 5.41) is 2.74. The van der Waals surface area contributed by atoms with Crippen LogP contribution >= 0.6 is 0 Å². The highest BCUT2D eigenvalue weighted by molar-refractivity contribution is 6.69. The number of fused-ring (bicyclic) bond motifs is 6. The Balaban J connectivity index is 1.58. The highest BCUT2D eigenvalue weighted by Gasteiger charge is 2.37. The molecule has 0 bridgehead atoms. The van der Waals surface area contributed by atoms with Gasteiger partial charge >= 0.3 is 0 Å². The van der Waals surface area contributed by atoms with E-state index in [1.54, 1.807) is 0 Å². The van der Waals surface area contributed by atoms with E-state index in [0.29, 0.717) is 5.92 Å². The fourth-order valence-electron chi connectivity index (χ4n) is 10.6. The molecular weight excluding hydrogens is 741 g/mol. The number of benzene rings is 6. The van der Waals surface area contributed by atoms with Crippen molar-refractivity contribution >= 4 is 88.4 Å². The second kappa shape index (κ2) is 14.8. The summed E-state index contributed by atoms with van der Waals surface area (Å²) in [6, 6.07) is 34.3. The van der Waals surface area contributed by atoms with Crippen molar-refractivity contribution in [3.8, 4) is 27.9 Å². The summed E-state index contributed by atoms with van der Waals surface area (Å²) in [5.41, 5.74) is 27.3. The van der Waals surface area contributed by atoms with E-state index in [1.807, 2.05) is 0 Å². The first-order chi connectivity index (χ1) is 28.7. The van der Waals surface area contributed by atoms with E-state index in [0.717, 1.165) is 0 Å². The van der Waals surface area contributed by atoms with Gasteiger partial charge < -0.3 is 4.57 Å². The van der Waals surface area contributed by atoms with Gasteiger partial charge in [-0.2, -0.15) is 0 Å². The first-order valence-corrected chi connectivity index (χ1v) is 23.3. The van der Waals surface area contributed by atoms with Crippen LogP contribution in [0.15, 0.2) is 84.9 Å². The molecule has 0 fully saturated rings. The van der Waals surface area contributed by atoms with Gasteiger partial charge in [-0.15, -0.1) is 16.4 Å². The number of hydrogen-bond donors (Lipinski definition) is 0. The Morgan fingerprint density at radius 3 is 1.48 bits per heavy atom. The Morgan fingerprint density at radius 2 is 0.952 bits per heavy atom. The summed E-state index contributed by atoms with van der Waals surface area (Å²) in [5.74, 6) is 0.569. The van der Waals surface area contributed by atoms with Crippen LogP contribution < -0.4 is 27.3 Å². The summed E-state index contributed by atoms with van der Waals surface area (Å²) in [6.07, 6.45) is 0. The van der Waals surface area contributed by atoms with Gasteiger partial charge in [0.05, 0.1) is 11.0 Å². The monoisotopic (exact) mass is 810 g/mol. The van der Waals surface area contributed by atoms with E-state index < -0.39 is 0 Å². The summed E-state index contributed by atoms with van der Waals surface area (Å²) >= 11 is 0. The molecule has 62 heavy (non-hydrogen) atoms. The van der Waals surface area contributed by atoms with Crippen LogP contribution in [0.1, 0.15) is 153 Å². The molecule has 0 N–H and O–H groups in total. The first-order valence-electron chi connectivity index (χ1n) is 23.3. The zero-order chi connectivity index (χ0) is 45.3. The highest BCUT2D eigenvalue weighted by atomic mass is 15.0. The molecule has 1 atom stereocenters. The molecule has 1 aliphatic rings. The molecule has 0 amide bonds. The summed E-state index contributed by atoms with van der Waals surface area (Å²) in [7, 11) is 11.6. The van der Waals surface area contributed by atoms with Crippen LogP contribution in [0.5, 0.6) is 0 Å². The summed E-state index contributed by atoms with van der Waals surface area (Å²) in [6.45, 7) is 33.1. The van der Waals surface area contributed by atoms with Crippen molar-refractivity contribution < 1.29 is 0 Å². The average Bonchev–Trinajstić information content (AvgIpc) is 3.70. The van der Waals surface area contributed by atoms with Gasteiger partial charge in [-0.05, 0) is 119 Å². The Kier molecular flexibility index (Phi) is 10.5. The number of rotatable bonds is 4. The lowest BCUT2D eigenvalue weighted by atomic mass is 9.59. The smallest absolute Gasteiger partial charge is 0.139 e. The van der Waals surface area contributed by atoms with Crippen molar-refractivity contribution in [2.24, 2.45) is 0 Å². The maximum absolute atomic E-state index is 2.62. The fraction of sp³-hybridized carbons (Fsp3) is 0.357. The topological polar surface area (TPSA) is 4.93 Å². The molecule has 312 valence electrons. The van der Waals surface area contributed by atoms with E-state index in [-0.39, 0.29) is 27.6 Å². The normalized spacial score (nSPS) is 14.6. The summed E-state index contributed by atoms with van der Waals surface area (Å²) < 4.78 is 2.62. The molecule has 6 aromatic carbocycles. The molecule has 0 saturated heterocycles. The largest absolute Gasteiger partial charge is 0.309 e. The van der Waals surface area contributed by atoms with Crippen LogP contribution in [0.4, 0.5) is 0 Å². The second-order valence-electron chi connectivity index (χ2n) is 23.5. The van der Waals surface area contributed by atoms with Crippen LogP contribution in [0.3, 0.4) is 0 Å². The van der Waals surface area contributed by atoms with E-state index in [9.17, 15) is 0 Å². The maximum atomic E-state index is 2.62. The molecule has 7 aromatic rings. The van der Waals surface area contributed by atoms with Crippen molar-refractivity contribution in [2.75, 3.05) is 0 Å². The second-order valence-corrected chi connectivity index (χ2v) is 23.5. The predicted molar refractivity (Wildman–Crippen MR) is 289 cm³/mol. The predicted octanol–water partition coefficient (Wildman–Crippen LogP) is 7.22. The molecule has 6 heteroatoms. The third kappa shape index (κ3) is 7.07. The Bertz CT molecular complexity index is 2910. The molecule has 1 nitrogen and oxygen atoms in total. The maximum Gasteiger partial charge on any atom is 0.139 e. The van der Waals surface area contributed by atoms with Crippen molar-refractivity contribution in [3.05, 3.63) is 129 Å². The van der Waals surface area contributed by atoms with Gasteiger partial charge in [0.15, 0.2) is 0 Å². The SMILES string of the molecule is Bc1c(B)c(B)c(-c2cccc3c2c2c(C(C)(C)C)c(C4c5ccc(C(C)C)cc5-c5cc(C(C)(C)C)ccc54)ccc2n3-c2cc(C(C)(C)C)cc(C(C)(C)C)c2)c(B)c1B. The Morgan fingerprint density at radius 1 is 0.452 bits per heavy atom. The lowest BCUT2D eigenvalue weighted by Crippen LogP contribution is -2.55. The third-order valence-electron chi connectivity index (χ3n) is 14.8. The number of nitrogens with zero attached hydrogens (tertiary/aromatic N) is 1. The van der Waals surface area contributed by atoms with Gasteiger partial charge in [-0.1, -0.05) is 169 Å². The minimum atomic E-state index is -0.180. The standard InChI is InChI=1S/C56H68B5N/c1-29(2)30-18-20-35-39(24-30)40-28-31(53(3,4)5)19-21-36(40)43(35)38-22-23-42-46(47(38)56(12,13)14)44-37(45-48(57)50(59)52(61)51(60)49(45)58)16-15-17-41(44)62(42)34-26-32(54(6,7)8)25-33(27-34)55(9,10)11/h15-29,43H,57-61H2,1-14H3. The highest BCUT2D eigenvalue weighted by Crippen LogP contribution is 2.54. The fourth-order valence-corrected chi connectivity index (χ4v) is 10.6. The summed E-state index contributed by atoms with van der Waals surface area (Å²) in [4.78, 5) is 0. The van der Waals surface area contributed by atoms with Crippen LogP contribution in [0.25, 0.3) is 49.7 Å². The van der Waals surface area contributed by atoms with E-state index in [4.69, 9.17) is 0 Å². The zero-order valence-electron chi connectivity index (χ0n) is 41.7. The van der Waals surface area contributed by atoms with Gasteiger partial charge in [0, 0.05) is 22.4 Å². The minimum Gasteiger partial charge on any atom is -0.309 e. The number of aromatic nitrogens is 1. The van der Waals surface area contributed by atoms with Crippen LogP contribution in [0, 0.1) is 0 Å². The van der Waals surface area contributed by atoms with E-state index in [2.05, 4.69) is 226 Å². The van der Waals surface area contributed by atoms with Crippen molar-refractivity contribution in [1.29, 1.82) is 0 Å².